The molecule has 3 N–H and O–H groups in total. The zero-order chi connectivity index (χ0) is 19.7. The van der Waals surface area contributed by atoms with Gasteiger partial charge >= 0.3 is 12.2 Å². The van der Waals surface area contributed by atoms with Crippen LogP contribution in [0.1, 0.15) is 12.8 Å². The van der Waals surface area contributed by atoms with Gasteiger partial charge in [0.05, 0.1) is 6.20 Å². The van der Waals surface area contributed by atoms with E-state index in [9.17, 15) is 26.4 Å². The summed E-state index contributed by atoms with van der Waals surface area (Å²) in [4.78, 5) is 23.2. The molecule has 1 unspecified atom stereocenters. The number of piperidine rings is 1. The molecule has 0 saturated carbocycles. The summed E-state index contributed by atoms with van der Waals surface area (Å²) in [6.45, 7) is -0.220. The predicted molar refractivity (Wildman–Crippen MR) is 90.5 cm³/mol. The lowest BCUT2D eigenvalue weighted by Crippen LogP contribution is -2.51. The smallest absolute Gasteiger partial charge is 0.345 e. The van der Waals surface area contributed by atoms with Gasteiger partial charge in [-0.3, -0.25) is 5.32 Å². The number of nitrogens with one attached hydrogen (secondary N) is 3. The van der Waals surface area contributed by atoms with Crippen LogP contribution < -0.4 is 10.6 Å². The Kier molecular flexibility index (Phi) is 5.24. The second-order valence-electron chi connectivity index (χ2n) is 6.13. The lowest BCUT2D eigenvalue weighted by molar-refractivity contribution is -0.107. The molecule has 2 amide bonds. The number of sulfonamides is 1. The van der Waals surface area contributed by atoms with E-state index in [0.717, 1.165) is 4.31 Å². The first-order chi connectivity index (χ1) is 12.6. The first kappa shape index (κ1) is 19.4. The van der Waals surface area contributed by atoms with Gasteiger partial charge in [0.25, 0.3) is 0 Å². The summed E-state index contributed by atoms with van der Waals surface area (Å²) >= 11 is 0. The van der Waals surface area contributed by atoms with Gasteiger partial charge < -0.3 is 10.3 Å². The van der Waals surface area contributed by atoms with Crippen LogP contribution in [0.2, 0.25) is 0 Å². The summed E-state index contributed by atoms with van der Waals surface area (Å²) in [6, 6.07) is 0.431. The number of alkyl halides is 3. The maximum Gasteiger partial charge on any atom is 0.404 e. The second-order valence-corrected chi connectivity index (χ2v) is 8.10. The number of aromatic amines is 1. The molecule has 9 nitrogen and oxygen atoms in total. The molecular formula is C14H17F3N6O3S. The fourth-order valence-electron chi connectivity index (χ4n) is 2.84. The van der Waals surface area contributed by atoms with Gasteiger partial charge in [-0.05, 0) is 18.9 Å². The number of carbonyl (C=O) groups excluding carboxylic acids is 1. The zero-order valence-electron chi connectivity index (χ0n) is 14.0. The Morgan fingerprint density at radius 2 is 2.19 bits per heavy atom. The number of anilines is 1. The largest absolute Gasteiger partial charge is 0.404 e. The van der Waals surface area contributed by atoms with Crippen LogP contribution in [0, 0.1) is 0 Å². The van der Waals surface area contributed by atoms with E-state index in [-0.39, 0.29) is 18.9 Å². The Hall–Kier alpha value is -2.41. The molecule has 3 rings (SSSR count). The van der Waals surface area contributed by atoms with E-state index in [2.05, 4.69) is 25.6 Å². The van der Waals surface area contributed by atoms with Crippen molar-refractivity contribution in [3.63, 3.8) is 0 Å². The van der Waals surface area contributed by atoms with E-state index in [1.54, 1.807) is 12.3 Å². The van der Waals surface area contributed by atoms with Crippen LogP contribution in [0.3, 0.4) is 0 Å². The van der Waals surface area contributed by atoms with Crippen LogP contribution in [-0.4, -0.2) is 64.8 Å². The Morgan fingerprint density at radius 1 is 1.41 bits per heavy atom. The molecule has 0 aliphatic carbocycles. The standard InChI is InChI=1S/C14H17F3N6O3S/c15-14(16,17)8-27(25,26)23-5-1-2-9(7-23)20-13(24)22-11-6-19-12-10(21-11)3-4-18-12/h3-4,6,9H,1-2,5,7-8H2,(H,18,19)(H2,20,21,22,24). The van der Waals surface area contributed by atoms with Gasteiger partial charge in [0, 0.05) is 25.3 Å². The van der Waals surface area contributed by atoms with Crippen LogP contribution in [0.4, 0.5) is 23.8 Å². The van der Waals surface area contributed by atoms with Crippen molar-refractivity contribution < 1.29 is 26.4 Å². The van der Waals surface area contributed by atoms with Gasteiger partial charge in [-0.1, -0.05) is 0 Å². The minimum absolute atomic E-state index is 0.00611. The summed E-state index contributed by atoms with van der Waals surface area (Å²) in [5.41, 5.74) is 1.11. The predicted octanol–water partition coefficient (Wildman–Crippen LogP) is 1.44. The fourth-order valence-corrected chi connectivity index (χ4v) is 4.25. The van der Waals surface area contributed by atoms with Gasteiger partial charge in [-0.25, -0.2) is 23.2 Å². The topological polar surface area (TPSA) is 120 Å². The Balaban J connectivity index is 1.59. The molecule has 1 fully saturated rings. The number of aromatic nitrogens is 3. The molecule has 1 aliphatic rings. The number of hydrogen-bond acceptors (Lipinski definition) is 5. The molecule has 0 bridgehead atoms. The number of halogens is 3. The van der Waals surface area contributed by atoms with E-state index in [0.29, 0.717) is 24.0 Å². The summed E-state index contributed by atoms with van der Waals surface area (Å²) in [7, 11) is -4.48. The number of nitrogens with zero attached hydrogens (tertiary/aromatic N) is 3. The zero-order valence-corrected chi connectivity index (χ0v) is 14.8. The molecule has 2 aromatic heterocycles. The second kappa shape index (κ2) is 7.31. The van der Waals surface area contributed by atoms with E-state index >= 15 is 0 Å². The molecule has 0 radical (unpaired) electrons. The van der Waals surface area contributed by atoms with Gasteiger partial charge in [0.15, 0.2) is 17.2 Å². The molecule has 27 heavy (non-hydrogen) atoms. The lowest BCUT2D eigenvalue weighted by atomic mass is 10.1. The normalized spacial score (nSPS) is 19.1. The lowest BCUT2D eigenvalue weighted by Gasteiger charge is -2.32. The first-order valence-corrected chi connectivity index (χ1v) is 9.65. The van der Waals surface area contributed by atoms with Gasteiger partial charge in [-0.2, -0.15) is 17.5 Å². The number of amides is 2. The molecule has 0 aromatic carbocycles. The quantitative estimate of drug-likeness (QED) is 0.710. The van der Waals surface area contributed by atoms with Crippen LogP contribution in [-0.2, 0) is 10.0 Å². The van der Waals surface area contributed by atoms with Crippen molar-refractivity contribution in [1.29, 1.82) is 0 Å². The first-order valence-electron chi connectivity index (χ1n) is 8.05. The third kappa shape index (κ3) is 5.07. The summed E-state index contributed by atoms with van der Waals surface area (Å²) < 4.78 is 61.9. The number of hydrogen-bond donors (Lipinski definition) is 3. The third-order valence-corrected chi connectivity index (χ3v) is 5.77. The van der Waals surface area contributed by atoms with Crippen LogP contribution >= 0.6 is 0 Å². The highest BCUT2D eigenvalue weighted by molar-refractivity contribution is 7.89. The SMILES string of the molecule is O=C(Nc1cnc2[nH]ccc2n1)NC1CCCN(S(=O)(=O)CC(F)(F)F)C1. The van der Waals surface area contributed by atoms with Crippen molar-refractivity contribution >= 4 is 33.0 Å². The monoisotopic (exact) mass is 406 g/mol. The van der Waals surface area contributed by atoms with E-state index in [1.807, 2.05) is 0 Å². The molecule has 13 heteroatoms. The number of urea groups is 1. The average molecular weight is 406 g/mol. The minimum atomic E-state index is -4.81. The number of rotatable bonds is 4. The van der Waals surface area contributed by atoms with E-state index in [1.165, 1.54) is 6.20 Å². The van der Waals surface area contributed by atoms with Gasteiger partial charge in [-0.15, -0.1) is 0 Å². The van der Waals surface area contributed by atoms with Crippen molar-refractivity contribution in [2.75, 3.05) is 24.2 Å². The summed E-state index contributed by atoms with van der Waals surface area (Å²) in [5.74, 6) is -1.72. The Bertz CT molecular complexity index is 930. The van der Waals surface area contributed by atoms with Crippen molar-refractivity contribution in [1.82, 2.24) is 24.6 Å². The Labute approximate surface area is 152 Å². The van der Waals surface area contributed by atoms with Crippen molar-refractivity contribution in [3.05, 3.63) is 18.5 Å². The van der Waals surface area contributed by atoms with Crippen LogP contribution in [0.25, 0.3) is 11.2 Å². The number of carbonyl (C=O) groups is 1. The third-order valence-electron chi connectivity index (χ3n) is 3.96. The molecule has 148 valence electrons. The molecule has 3 heterocycles. The average Bonchev–Trinajstić information content (AvgIpc) is 3.00. The van der Waals surface area contributed by atoms with Crippen molar-refractivity contribution in [2.45, 2.75) is 25.1 Å². The van der Waals surface area contributed by atoms with E-state index in [4.69, 9.17) is 0 Å². The molecule has 1 atom stereocenters. The minimum Gasteiger partial charge on any atom is -0.345 e. The van der Waals surface area contributed by atoms with Gasteiger partial charge in [0.1, 0.15) is 5.52 Å². The van der Waals surface area contributed by atoms with Crippen molar-refractivity contribution in [2.24, 2.45) is 0 Å². The number of fused-ring (bicyclic) bond motifs is 1. The highest BCUT2D eigenvalue weighted by Gasteiger charge is 2.40. The van der Waals surface area contributed by atoms with Crippen LogP contribution in [0.15, 0.2) is 18.5 Å². The van der Waals surface area contributed by atoms with Crippen LogP contribution in [0.5, 0.6) is 0 Å². The maximum absolute atomic E-state index is 12.4. The highest BCUT2D eigenvalue weighted by Crippen LogP contribution is 2.22. The molecule has 2 aromatic rings. The molecule has 1 aliphatic heterocycles. The van der Waals surface area contributed by atoms with E-state index < -0.39 is 34.0 Å². The Morgan fingerprint density at radius 3 is 2.93 bits per heavy atom. The summed E-state index contributed by atoms with van der Waals surface area (Å²) in [6.07, 6.45) is -1.02. The van der Waals surface area contributed by atoms with Gasteiger partial charge in [0.2, 0.25) is 10.0 Å². The fraction of sp³-hybridized carbons (Fsp3) is 0.500. The molecule has 0 spiro atoms. The summed E-state index contributed by atoms with van der Waals surface area (Å²) in [5, 5.41) is 5.04. The highest BCUT2D eigenvalue weighted by atomic mass is 32.2. The van der Waals surface area contributed by atoms with Crippen molar-refractivity contribution in [3.8, 4) is 0 Å². The molecule has 1 saturated heterocycles. The molecular weight excluding hydrogens is 389 g/mol. The maximum atomic E-state index is 12.4. The number of H-pyrrole nitrogens is 1.